The molecule has 3 fully saturated rings. The standard InChI is InChI=1S/C45H56BF4N11O4S/c1-6-7-37(41(64)52-27-62)61(28-63)36-11-10-35(38(47)40(36)57(3)4)60-16-12-30(13-17-60)23-59-18-14-43(15-19-59)25-44(46,26-43)56-66(65)32-8-9-34(29(2)20-32)54-42-51-22-33(45(48,49)50)39(55-42)31-21-53-58(5)24-31/h8-11,20-22,24,27-28,30,37,56H,6-7,12-19,23,25-26H2,1-5H3,(H,51,54,55)(H,52,62,64). The Kier molecular flexibility index (Phi) is 14.6. The number of anilines is 5. The zero-order valence-electron chi connectivity index (χ0n) is 37.8. The molecule has 4 heterocycles. The van der Waals surface area contributed by atoms with Crippen molar-refractivity contribution in [2.24, 2.45) is 18.4 Å². The molecule has 2 radical (unpaired) electrons. The number of benzene rings is 2. The SMILES string of the molecule is [B]C1(NS(=O)c2ccc(Nc3ncc(C(F)(F)F)c(-c4cnn(C)c4)n3)c(C)c2)CC2(CCN(CC3CCN(c4ccc(N(C=O)C(CCC)C(=O)NC=O)c(N(C)C)c4F)CC3)CC2)C1. The smallest absolute Gasteiger partial charge is 0.374 e. The van der Waals surface area contributed by atoms with Crippen LogP contribution in [0.15, 0.2) is 53.8 Å². The van der Waals surface area contributed by atoms with E-state index in [9.17, 15) is 31.8 Å². The molecule has 2 unspecified atom stereocenters. The number of carbonyl (C=O) groups is 3. The molecule has 4 aromatic rings. The molecular weight excluding hydrogens is 877 g/mol. The van der Waals surface area contributed by atoms with Gasteiger partial charge in [0.2, 0.25) is 24.7 Å². The molecule has 2 saturated heterocycles. The fourth-order valence-corrected chi connectivity index (χ4v) is 11.0. The fourth-order valence-electron chi connectivity index (χ4n) is 9.86. The Morgan fingerprint density at radius 1 is 1.08 bits per heavy atom. The molecule has 2 aromatic carbocycles. The van der Waals surface area contributed by atoms with Crippen molar-refractivity contribution in [1.82, 2.24) is 34.7 Å². The summed E-state index contributed by atoms with van der Waals surface area (Å²) in [6.07, 6.45) is 5.60. The van der Waals surface area contributed by atoms with E-state index in [-0.39, 0.29) is 40.4 Å². The highest BCUT2D eigenvalue weighted by Crippen LogP contribution is 2.54. The van der Waals surface area contributed by atoms with Crippen LogP contribution in [0.1, 0.15) is 69.4 Å². The van der Waals surface area contributed by atoms with E-state index < -0.39 is 45.9 Å². The minimum absolute atomic E-state index is 0.0299. The first kappa shape index (κ1) is 48.5. The van der Waals surface area contributed by atoms with Gasteiger partial charge < -0.3 is 24.9 Å². The number of carbonyl (C=O) groups excluding carboxylic acids is 3. The molecule has 1 spiro atoms. The molecule has 3 N–H and O–H groups in total. The molecule has 0 bridgehead atoms. The second-order valence-corrected chi connectivity index (χ2v) is 19.4. The van der Waals surface area contributed by atoms with Gasteiger partial charge in [-0.2, -0.15) is 18.3 Å². The molecule has 3 aliphatic rings. The molecule has 352 valence electrons. The van der Waals surface area contributed by atoms with Gasteiger partial charge in [-0.15, -0.1) is 0 Å². The average Bonchev–Trinajstić information content (AvgIpc) is 3.70. The summed E-state index contributed by atoms with van der Waals surface area (Å²) in [5.74, 6) is -0.693. The van der Waals surface area contributed by atoms with Gasteiger partial charge in [-0.1, -0.05) is 13.3 Å². The summed E-state index contributed by atoms with van der Waals surface area (Å²) in [4.78, 5) is 52.0. The van der Waals surface area contributed by atoms with Crippen molar-refractivity contribution in [3.05, 3.63) is 65.9 Å². The quantitative estimate of drug-likeness (QED) is 0.0665. The summed E-state index contributed by atoms with van der Waals surface area (Å²) >= 11 is 0. The van der Waals surface area contributed by atoms with Crippen LogP contribution in [0.5, 0.6) is 0 Å². The topological polar surface area (TPSA) is 161 Å². The summed E-state index contributed by atoms with van der Waals surface area (Å²) in [7, 11) is 10.1. The molecule has 2 aromatic heterocycles. The molecular formula is C45H56BF4N11O4S. The molecule has 1 aliphatic carbocycles. The fraction of sp³-hybridized carbons (Fsp3) is 0.511. The van der Waals surface area contributed by atoms with Crippen molar-refractivity contribution in [3.63, 3.8) is 0 Å². The highest BCUT2D eigenvalue weighted by atomic mass is 32.2. The predicted octanol–water partition coefficient (Wildman–Crippen LogP) is 5.83. The largest absolute Gasteiger partial charge is 0.419 e. The summed E-state index contributed by atoms with van der Waals surface area (Å²) in [5, 5.41) is 9.11. The van der Waals surface area contributed by atoms with Gasteiger partial charge in [0, 0.05) is 64.4 Å². The summed E-state index contributed by atoms with van der Waals surface area (Å²) < 4.78 is 75.9. The van der Waals surface area contributed by atoms with E-state index in [1.54, 1.807) is 63.3 Å². The molecule has 1 saturated carbocycles. The number of piperidine rings is 2. The van der Waals surface area contributed by atoms with Crippen molar-refractivity contribution in [2.45, 2.75) is 87.8 Å². The van der Waals surface area contributed by atoms with Crippen molar-refractivity contribution in [2.75, 3.05) is 66.8 Å². The van der Waals surface area contributed by atoms with E-state index in [0.29, 0.717) is 72.9 Å². The maximum absolute atomic E-state index is 16.4. The van der Waals surface area contributed by atoms with Crippen molar-refractivity contribution in [1.29, 1.82) is 0 Å². The van der Waals surface area contributed by atoms with Crippen LogP contribution in [0.25, 0.3) is 11.3 Å². The molecule has 2 atom stereocenters. The number of halogens is 4. The number of imide groups is 1. The Morgan fingerprint density at radius 3 is 2.38 bits per heavy atom. The number of nitrogens with zero attached hydrogens (tertiary/aromatic N) is 8. The number of hydrogen-bond acceptors (Lipinski definition) is 11. The first-order valence-electron chi connectivity index (χ1n) is 22.1. The second kappa shape index (κ2) is 19.8. The zero-order valence-corrected chi connectivity index (χ0v) is 38.6. The van der Waals surface area contributed by atoms with Crippen LogP contribution in [0, 0.1) is 24.1 Å². The van der Waals surface area contributed by atoms with Crippen LogP contribution in [0.4, 0.5) is 46.3 Å². The summed E-state index contributed by atoms with van der Waals surface area (Å²) in [6.45, 7) is 7.79. The van der Waals surface area contributed by atoms with Gasteiger partial charge in [0.05, 0.1) is 41.7 Å². The molecule has 3 amide bonds. The number of aromatic nitrogens is 4. The monoisotopic (exact) mass is 933 g/mol. The average molecular weight is 934 g/mol. The highest BCUT2D eigenvalue weighted by molar-refractivity contribution is 7.83. The Morgan fingerprint density at radius 2 is 1.79 bits per heavy atom. The maximum Gasteiger partial charge on any atom is 0.419 e. The number of rotatable bonds is 17. The molecule has 2 aliphatic heterocycles. The van der Waals surface area contributed by atoms with E-state index in [2.05, 4.69) is 35.3 Å². The third-order valence-electron chi connectivity index (χ3n) is 13.1. The number of nitrogens with one attached hydrogen (secondary N) is 3. The van der Waals surface area contributed by atoms with Gasteiger partial charge in [-0.05, 0) is 118 Å². The summed E-state index contributed by atoms with van der Waals surface area (Å²) in [5.41, 5.74) is 0.305. The predicted molar refractivity (Wildman–Crippen MR) is 246 cm³/mol. The third-order valence-corrected chi connectivity index (χ3v) is 14.4. The Labute approximate surface area is 386 Å². The lowest BCUT2D eigenvalue weighted by atomic mass is 9.47. The lowest BCUT2D eigenvalue weighted by Crippen LogP contribution is -2.63. The van der Waals surface area contributed by atoms with Gasteiger partial charge >= 0.3 is 6.18 Å². The van der Waals surface area contributed by atoms with Gasteiger partial charge in [0.1, 0.15) is 22.6 Å². The van der Waals surface area contributed by atoms with Crippen LogP contribution < -0.4 is 30.1 Å². The van der Waals surface area contributed by atoms with Crippen molar-refractivity contribution < 1.29 is 36.2 Å². The summed E-state index contributed by atoms with van der Waals surface area (Å²) in [6, 6.07) is 7.46. The molecule has 7 rings (SSSR count). The van der Waals surface area contributed by atoms with Crippen LogP contribution in [0.3, 0.4) is 0 Å². The van der Waals surface area contributed by atoms with E-state index in [4.69, 9.17) is 7.85 Å². The van der Waals surface area contributed by atoms with Crippen LogP contribution in [0.2, 0.25) is 0 Å². The Balaban J connectivity index is 0.892. The van der Waals surface area contributed by atoms with E-state index in [1.165, 1.54) is 22.0 Å². The van der Waals surface area contributed by atoms with Crippen LogP contribution in [-0.2, 0) is 38.6 Å². The number of amides is 3. The Hall–Kier alpha value is -5.41. The number of likely N-dealkylation sites (tertiary alicyclic amines) is 1. The van der Waals surface area contributed by atoms with E-state index >= 15 is 4.39 Å². The number of hydrogen-bond donors (Lipinski definition) is 3. The van der Waals surface area contributed by atoms with Gasteiger partial charge in [-0.3, -0.25) is 24.4 Å². The van der Waals surface area contributed by atoms with Crippen molar-refractivity contribution in [3.8, 4) is 11.3 Å². The lowest BCUT2D eigenvalue weighted by molar-refractivity contribution is -0.137. The second-order valence-electron chi connectivity index (χ2n) is 18.2. The normalized spacial score (nSPS) is 18.3. The third kappa shape index (κ3) is 10.6. The first-order chi connectivity index (χ1) is 31.4. The highest BCUT2D eigenvalue weighted by Gasteiger charge is 2.52. The van der Waals surface area contributed by atoms with Crippen LogP contribution in [-0.4, -0.2) is 114 Å². The van der Waals surface area contributed by atoms with E-state index in [1.807, 2.05) is 11.8 Å². The van der Waals surface area contributed by atoms with Crippen molar-refractivity contribution >= 4 is 66.3 Å². The molecule has 66 heavy (non-hydrogen) atoms. The lowest BCUT2D eigenvalue weighted by Gasteiger charge is -2.58. The number of aryl methyl sites for hydroxylation is 2. The number of alkyl halides is 3. The van der Waals surface area contributed by atoms with Gasteiger partial charge in [0.25, 0.3) is 0 Å². The maximum atomic E-state index is 16.4. The Bertz CT molecular complexity index is 2430. The zero-order chi connectivity index (χ0) is 47.6. The minimum atomic E-state index is -4.66. The first-order valence-corrected chi connectivity index (χ1v) is 23.3. The van der Waals surface area contributed by atoms with Gasteiger partial charge in [0.15, 0.2) is 5.82 Å². The van der Waals surface area contributed by atoms with E-state index in [0.717, 1.165) is 51.5 Å². The molecule has 15 nitrogen and oxygen atoms in total. The van der Waals surface area contributed by atoms with Gasteiger partial charge in [-0.25, -0.2) is 23.3 Å². The van der Waals surface area contributed by atoms with Crippen LogP contribution >= 0.6 is 0 Å². The minimum Gasteiger partial charge on any atom is -0.374 e. The molecule has 21 heteroatoms.